The molecule has 0 aliphatic heterocycles. The Kier molecular flexibility index (Phi) is 6.03. The molecule has 2 aromatic rings. The van der Waals surface area contributed by atoms with Gasteiger partial charge in [0, 0.05) is 5.69 Å². The molecule has 2 N–H and O–H groups in total. The van der Waals surface area contributed by atoms with E-state index in [9.17, 15) is 4.79 Å². The summed E-state index contributed by atoms with van der Waals surface area (Å²) in [6, 6.07) is 11.1. The molecule has 0 radical (unpaired) electrons. The lowest BCUT2D eigenvalue weighted by Crippen LogP contribution is -2.27. The van der Waals surface area contributed by atoms with E-state index in [4.69, 9.17) is 9.15 Å². The van der Waals surface area contributed by atoms with Crippen LogP contribution < -0.4 is 15.4 Å². The van der Waals surface area contributed by atoms with Crippen molar-refractivity contribution in [2.45, 2.75) is 20.4 Å². The molecule has 0 spiro atoms. The summed E-state index contributed by atoms with van der Waals surface area (Å²) in [5.41, 5.74) is 0.752. The first-order valence-corrected chi connectivity index (χ1v) is 7.39. The number of rotatable bonds is 8. The first-order valence-electron chi connectivity index (χ1n) is 7.39. The molecule has 0 atom stereocenters. The summed E-state index contributed by atoms with van der Waals surface area (Å²) in [7, 11) is 0. The van der Waals surface area contributed by atoms with Gasteiger partial charge in [-0.25, -0.2) is 0 Å². The normalized spacial score (nSPS) is 10.7. The number of benzene rings is 1. The Bertz CT molecular complexity index is 562. The van der Waals surface area contributed by atoms with Crippen molar-refractivity contribution >= 4 is 11.6 Å². The van der Waals surface area contributed by atoms with Gasteiger partial charge in [0.25, 0.3) is 0 Å². The van der Waals surface area contributed by atoms with E-state index in [-0.39, 0.29) is 12.5 Å². The lowest BCUT2D eigenvalue weighted by atomic mass is 10.2. The summed E-state index contributed by atoms with van der Waals surface area (Å²) in [4.78, 5) is 11.8. The fourth-order valence-electron chi connectivity index (χ4n) is 1.81. The van der Waals surface area contributed by atoms with Gasteiger partial charge in [-0.1, -0.05) is 13.8 Å². The highest BCUT2D eigenvalue weighted by molar-refractivity contribution is 5.92. The van der Waals surface area contributed by atoms with Gasteiger partial charge in [0.15, 0.2) is 0 Å². The molecule has 0 fully saturated rings. The van der Waals surface area contributed by atoms with Gasteiger partial charge in [0.2, 0.25) is 5.91 Å². The van der Waals surface area contributed by atoms with E-state index in [0.29, 0.717) is 19.1 Å². The van der Waals surface area contributed by atoms with Crippen molar-refractivity contribution in [2.24, 2.45) is 5.92 Å². The molecule has 0 aliphatic rings. The molecule has 22 heavy (non-hydrogen) atoms. The highest BCUT2D eigenvalue weighted by atomic mass is 16.5. The Morgan fingerprint density at radius 3 is 2.64 bits per heavy atom. The smallest absolute Gasteiger partial charge is 0.238 e. The standard InChI is InChI=1S/C17H22N2O3/c1-13(2)12-22-15-7-5-14(6-8-15)19-17(20)11-18-10-16-4-3-9-21-16/h3-9,13,18H,10-12H2,1-2H3,(H,19,20). The topological polar surface area (TPSA) is 63.5 Å². The number of carbonyl (C=O) groups excluding carboxylic acids is 1. The number of carbonyl (C=O) groups is 1. The molecule has 0 bridgehead atoms. The van der Waals surface area contributed by atoms with Crippen LogP contribution in [-0.2, 0) is 11.3 Å². The van der Waals surface area contributed by atoms with Gasteiger partial charge in [-0.15, -0.1) is 0 Å². The maximum atomic E-state index is 11.8. The van der Waals surface area contributed by atoms with Crippen molar-refractivity contribution in [3.05, 3.63) is 48.4 Å². The van der Waals surface area contributed by atoms with Gasteiger partial charge < -0.3 is 19.8 Å². The summed E-state index contributed by atoms with van der Waals surface area (Å²) >= 11 is 0. The zero-order chi connectivity index (χ0) is 15.8. The average molecular weight is 302 g/mol. The number of hydrogen-bond donors (Lipinski definition) is 2. The van der Waals surface area contributed by atoms with Crippen molar-refractivity contribution in [3.8, 4) is 5.75 Å². The Morgan fingerprint density at radius 2 is 2.00 bits per heavy atom. The van der Waals surface area contributed by atoms with Crippen LogP contribution in [0.3, 0.4) is 0 Å². The van der Waals surface area contributed by atoms with E-state index in [1.807, 2.05) is 36.4 Å². The lowest BCUT2D eigenvalue weighted by molar-refractivity contribution is -0.115. The average Bonchev–Trinajstić information content (AvgIpc) is 3.00. The van der Waals surface area contributed by atoms with Crippen LogP contribution in [0.4, 0.5) is 5.69 Å². The number of anilines is 1. The van der Waals surface area contributed by atoms with Gasteiger partial charge in [-0.3, -0.25) is 4.79 Å². The number of furan rings is 1. The minimum atomic E-state index is -0.0950. The minimum absolute atomic E-state index is 0.0950. The van der Waals surface area contributed by atoms with Gasteiger partial charge in [-0.2, -0.15) is 0 Å². The van der Waals surface area contributed by atoms with Crippen molar-refractivity contribution in [1.82, 2.24) is 5.32 Å². The van der Waals surface area contributed by atoms with Crippen LogP contribution in [0.25, 0.3) is 0 Å². The third-order valence-electron chi connectivity index (χ3n) is 2.89. The van der Waals surface area contributed by atoms with E-state index in [0.717, 1.165) is 17.2 Å². The van der Waals surface area contributed by atoms with Gasteiger partial charge in [-0.05, 0) is 42.3 Å². The molecule has 0 unspecified atom stereocenters. The van der Waals surface area contributed by atoms with Crippen LogP contribution in [0.1, 0.15) is 19.6 Å². The predicted octanol–water partition coefficient (Wildman–Crippen LogP) is 3.04. The molecule has 5 nitrogen and oxygen atoms in total. The van der Waals surface area contributed by atoms with Gasteiger partial charge in [0.05, 0.1) is 26.0 Å². The maximum Gasteiger partial charge on any atom is 0.238 e. The SMILES string of the molecule is CC(C)COc1ccc(NC(=O)CNCc2ccco2)cc1. The fraction of sp³-hybridized carbons (Fsp3) is 0.353. The molecule has 0 saturated carbocycles. The monoisotopic (exact) mass is 302 g/mol. The summed E-state index contributed by atoms with van der Waals surface area (Å²) in [6.45, 7) is 5.64. The molecule has 5 heteroatoms. The van der Waals surface area contributed by atoms with Crippen LogP contribution in [0.5, 0.6) is 5.75 Å². The van der Waals surface area contributed by atoms with Crippen LogP contribution in [0.15, 0.2) is 47.1 Å². The number of nitrogens with one attached hydrogen (secondary N) is 2. The fourth-order valence-corrected chi connectivity index (χ4v) is 1.81. The highest BCUT2D eigenvalue weighted by Gasteiger charge is 2.03. The largest absolute Gasteiger partial charge is 0.493 e. The Morgan fingerprint density at radius 1 is 1.23 bits per heavy atom. The summed E-state index contributed by atoms with van der Waals surface area (Å²) in [5, 5.41) is 5.85. The second kappa shape index (κ2) is 8.24. The number of ether oxygens (including phenoxy) is 1. The van der Waals surface area contributed by atoms with Crippen LogP contribution >= 0.6 is 0 Å². The summed E-state index contributed by atoms with van der Waals surface area (Å²) in [5.74, 6) is 2.00. The molecule has 1 amide bonds. The van der Waals surface area contributed by atoms with Crippen LogP contribution in [0.2, 0.25) is 0 Å². The Balaban J connectivity index is 1.71. The second-order valence-electron chi connectivity index (χ2n) is 5.46. The molecule has 118 valence electrons. The lowest BCUT2D eigenvalue weighted by Gasteiger charge is -2.10. The highest BCUT2D eigenvalue weighted by Crippen LogP contribution is 2.16. The third kappa shape index (κ3) is 5.61. The second-order valence-corrected chi connectivity index (χ2v) is 5.46. The summed E-state index contributed by atoms with van der Waals surface area (Å²) in [6.07, 6.45) is 1.61. The van der Waals surface area contributed by atoms with Crippen LogP contribution in [0, 0.1) is 5.92 Å². The van der Waals surface area contributed by atoms with Gasteiger partial charge in [0.1, 0.15) is 11.5 Å². The molecular weight excluding hydrogens is 280 g/mol. The molecule has 1 heterocycles. The number of hydrogen-bond acceptors (Lipinski definition) is 4. The number of amides is 1. The van der Waals surface area contributed by atoms with E-state index in [1.54, 1.807) is 6.26 Å². The molecule has 0 saturated heterocycles. The zero-order valence-electron chi connectivity index (χ0n) is 13.0. The quantitative estimate of drug-likeness (QED) is 0.786. The molecule has 2 rings (SSSR count). The van der Waals surface area contributed by atoms with E-state index < -0.39 is 0 Å². The maximum absolute atomic E-state index is 11.8. The molecule has 1 aromatic carbocycles. The predicted molar refractivity (Wildman–Crippen MR) is 85.8 cm³/mol. The van der Waals surface area contributed by atoms with E-state index in [1.165, 1.54) is 0 Å². The zero-order valence-corrected chi connectivity index (χ0v) is 13.0. The molecule has 0 aliphatic carbocycles. The van der Waals surface area contributed by atoms with Crippen molar-refractivity contribution in [3.63, 3.8) is 0 Å². The van der Waals surface area contributed by atoms with Crippen LogP contribution in [-0.4, -0.2) is 19.1 Å². The van der Waals surface area contributed by atoms with Crippen molar-refractivity contribution in [2.75, 3.05) is 18.5 Å². The van der Waals surface area contributed by atoms with Crippen molar-refractivity contribution in [1.29, 1.82) is 0 Å². The van der Waals surface area contributed by atoms with E-state index in [2.05, 4.69) is 24.5 Å². The summed E-state index contributed by atoms with van der Waals surface area (Å²) < 4.78 is 10.8. The van der Waals surface area contributed by atoms with Gasteiger partial charge >= 0.3 is 0 Å². The van der Waals surface area contributed by atoms with E-state index >= 15 is 0 Å². The minimum Gasteiger partial charge on any atom is -0.493 e. The Labute approximate surface area is 130 Å². The first-order chi connectivity index (χ1) is 10.6. The van der Waals surface area contributed by atoms with Crippen molar-refractivity contribution < 1.29 is 13.9 Å². The Hall–Kier alpha value is -2.27. The molecule has 1 aromatic heterocycles. The third-order valence-corrected chi connectivity index (χ3v) is 2.89. The first kappa shape index (κ1) is 16.1. The molecular formula is C17H22N2O3.